The van der Waals surface area contributed by atoms with Gasteiger partial charge in [0.15, 0.2) is 0 Å². The third kappa shape index (κ3) is 6.97. The van der Waals surface area contributed by atoms with Gasteiger partial charge in [-0.1, -0.05) is 0 Å². The topological polar surface area (TPSA) is 98.7 Å². The predicted molar refractivity (Wildman–Crippen MR) is 77.8 cm³/mol. The monoisotopic (exact) mass is 299 g/mol. The van der Waals surface area contributed by atoms with Crippen molar-refractivity contribution in [2.45, 2.75) is 45.6 Å². The smallest absolute Gasteiger partial charge is 0.317 e. The summed E-state index contributed by atoms with van der Waals surface area (Å²) in [6, 6.07) is -0.176. The van der Waals surface area contributed by atoms with Gasteiger partial charge in [0.05, 0.1) is 6.54 Å². The standard InChI is InChI=1S/C14H25N3O4/c1-10(2)16-12(18)9-15-14(21)17-7-5-11(6-8-17)3-4-13(19)20/h10-11H,3-9H2,1-2H3,(H,15,21)(H,16,18)(H,19,20). The van der Waals surface area contributed by atoms with Gasteiger partial charge in [-0.25, -0.2) is 4.79 Å². The highest BCUT2D eigenvalue weighted by Crippen LogP contribution is 2.21. The third-order valence-corrected chi connectivity index (χ3v) is 3.52. The molecule has 1 saturated heterocycles. The Hall–Kier alpha value is -1.79. The highest BCUT2D eigenvalue weighted by Gasteiger charge is 2.23. The number of urea groups is 1. The average molecular weight is 299 g/mol. The highest BCUT2D eigenvalue weighted by molar-refractivity contribution is 5.84. The van der Waals surface area contributed by atoms with Crippen LogP contribution in [0.1, 0.15) is 39.5 Å². The lowest BCUT2D eigenvalue weighted by Gasteiger charge is -2.31. The molecular weight excluding hydrogens is 274 g/mol. The van der Waals surface area contributed by atoms with Gasteiger partial charge in [0.25, 0.3) is 0 Å². The SMILES string of the molecule is CC(C)NC(=O)CNC(=O)N1CCC(CCC(=O)O)CC1. The first-order valence-corrected chi connectivity index (χ1v) is 7.42. The zero-order valence-electron chi connectivity index (χ0n) is 12.7. The second-order valence-electron chi connectivity index (χ2n) is 5.74. The molecule has 0 bridgehead atoms. The number of nitrogens with zero attached hydrogens (tertiary/aromatic N) is 1. The van der Waals surface area contributed by atoms with Gasteiger partial charge in [-0.05, 0) is 39.0 Å². The van der Waals surface area contributed by atoms with Crippen LogP contribution in [0.25, 0.3) is 0 Å². The van der Waals surface area contributed by atoms with Gasteiger partial charge >= 0.3 is 12.0 Å². The van der Waals surface area contributed by atoms with E-state index < -0.39 is 5.97 Å². The Morgan fingerprint density at radius 3 is 2.38 bits per heavy atom. The van der Waals surface area contributed by atoms with Crippen LogP contribution >= 0.6 is 0 Å². The van der Waals surface area contributed by atoms with Gasteiger partial charge in [-0.3, -0.25) is 9.59 Å². The molecule has 0 saturated carbocycles. The first-order valence-electron chi connectivity index (χ1n) is 7.42. The van der Waals surface area contributed by atoms with E-state index in [1.165, 1.54) is 0 Å². The largest absolute Gasteiger partial charge is 0.481 e. The maximum Gasteiger partial charge on any atom is 0.317 e. The minimum Gasteiger partial charge on any atom is -0.481 e. The molecule has 3 N–H and O–H groups in total. The number of carbonyl (C=O) groups excluding carboxylic acids is 2. The van der Waals surface area contributed by atoms with Crippen molar-refractivity contribution < 1.29 is 19.5 Å². The molecule has 1 heterocycles. The molecule has 7 nitrogen and oxygen atoms in total. The van der Waals surface area contributed by atoms with E-state index in [0.29, 0.717) is 25.4 Å². The molecule has 0 aromatic rings. The van der Waals surface area contributed by atoms with Gasteiger partial charge < -0.3 is 20.6 Å². The fraction of sp³-hybridized carbons (Fsp3) is 0.786. The molecular formula is C14H25N3O4. The van der Waals surface area contributed by atoms with Crippen LogP contribution in [-0.2, 0) is 9.59 Å². The Bertz CT molecular complexity index is 376. The number of nitrogens with one attached hydrogen (secondary N) is 2. The van der Waals surface area contributed by atoms with Crippen molar-refractivity contribution in [3.05, 3.63) is 0 Å². The van der Waals surface area contributed by atoms with Crippen LogP contribution in [0.5, 0.6) is 0 Å². The van der Waals surface area contributed by atoms with E-state index in [9.17, 15) is 14.4 Å². The summed E-state index contributed by atoms with van der Waals surface area (Å²) in [5.41, 5.74) is 0. The molecule has 7 heteroatoms. The number of carbonyl (C=O) groups is 3. The van der Waals surface area contributed by atoms with Crippen molar-refractivity contribution in [1.82, 2.24) is 15.5 Å². The van der Waals surface area contributed by atoms with E-state index in [0.717, 1.165) is 12.8 Å². The number of amides is 3. The zero-order valence-corrected chi connectivity index (χ0v) is 12.7. The van der Waals surface area contributed by atoms with Gasteiger partial charge in [0.1, 0.15) is 0 Å². The number of hydrogen-bond acceptors (Lipinski definition) is 3. The number of carboxylic acid groups (broad SMARTS) is 1. The minimum atomic E-state index is -0.772. The van der Waals surface area contributed by atoms with Crippen LogP contribution in [0.15, 0.2) is 0 Å². The fourth-order valence-electron chi connectivity index (χ4n) is 2.39. The normalized spacial score (nSPS) is 15.9. The maximum atomic E-state index is 11.9. The summed E-state index contributed by atoms with van der Waals surface area (Å²) < 4.78 is 0. The molecule has 1 aliphatic rings. The van der Waals surface area contributed by atoms with Crippen LogP contribution in [0, 0.1) is 5.92 Å². The van der Waals surface area contributed by atoms with Crippen molar-refractivity contribution >= 4 is 17.9 Å². The maximum absolute atomic E-state index is 11.9. The van der Waals surface area contributed by atoms with E-state index in [1.807, 2.05) is 13.8 Å². The Kier molecular flexibility index (Phi) is 6.98. The molecule has 1 fully saturated rings. The Morgan fingerprint density at radius 2 is 1.86 bits per heavy atom. The van der Waals surface area contributed by atoms with Crippen LogP contribution in [0.2, 0.25) is 0 Å². The van der Waals surface area contributed by atoms with Crippen molar-refractivity contribution in [2.24, 2.45) is 5.92 Å². The van der Waals surface area contributed by atoms with E-state index >= 15 is 0 Å². The number of aliphatic carboxylic acids is 1. The van der Waals surface area contributed by atoms with Crippen LogP contribution in [0.3, 0.4) is 0 Å². The molecule has 120 valence electrons. The quantitative estimate of drug-likeness (QED) is 0.675. The number of rotatable bonds is 6. The summed E-state index contributed by atoms with van der Waals surface area (Å²) >= 11 is 0. The highest BCUT2D eigenvalue weighted by atomic mass is 16.4. The lowest BCUT2D eigenvalue weighted by atomic mass is 9.92. The zero-order chi connectivity index (χ0) is 15.8. The minimum absolute atomic E-state index is 0.0179. The van der Waals surface area contributed by atoms with Crippen molar-refractivity contribution in [3.8, 4) is 0 Å². The molecule has 1 aliphatic heterocycles. The summed E-state index contributed by atoms with van der Waals surface area (Å²) in [5.74, 6) is -0.601. The molecule has 0 aromatic carbocycles. The van der Waals surface area contributed by atoms with Gasteiger partial charge in [0.2, 0.25) is 5.91 Å². The summed E-state index contributed by atoms with van der Waals surface area (Å²) in [6.07, 6.45) is 2.49. The predicted octanol–water partition coefficient (Wildman–Crippen LogP) is 0.797. The van der Waals surface area contributed by atoms with Gasteiger partial charge in [-0.15, -0.1) is 0 Å². The second kappa shape index (κ2) is 8.49. The number of likely N-dealkylation sites (tertiary alicyclic amines) is 1. The van der Waals surface area contributed by atoms with E-state index in [4.69, 9.17) is 5.11 Å². The van der Waals surface area contributed by atoms with Gasteiger partial charge in [-0.2, -0.15) is 0 Å². The lowest BCUT2D eigenvalue weighted by Crippen LogP contribution is -2.48. The van der Waals surface area contributed by atoms with Gasteiger partial charge in [0, 0.05) is 25.6 Å². The molecule has 21 heavy (non-hydrogen) atoms. The molecule has 1 rings (SSSR count). The Morgan fingerprint density at radius 1 is 1.24 bits per heavy atom. The first-order chi connectivity index (χ1) is 9.88. The van der Waals surface area contributed by atoms with Crippen molar-refractivity contribution in [1.29, 1.82) is 0 Å². The van der Waals surface area contributed by atoms with E-state index in [2.05, 4.69) is 10.6 Å². The van der Waals surface area contributed by atoms with Crippen LogP contribution < -0.4 is 10.6 Å². The summed E-state index contributed by atoms with van der Waals surface area (Å²) in [5, 5.41) is 14.0. The Labute approximate surface area is 125 Å². The van der Waals surface area contributed by atoms with Crippen LogP contribution in [0.4, 0.5) is 4.79 Å². The third-order valence-electron chi connectivity index (χ3n) is 3.52. The molecule has 0 atom stereocenters. The summed E-state index contributed by atoms with van der Waals surface area (Å²) in [7, 11) is 0. The van der Waals surface area contributed by atoms with Crippen LogP contribution in [-0.4, -0.2) is 53.6 Å². The van der Waals surface area contributed by atoms with Crippen molar-refractivity contribution in [2.75, 3.05) is 19.6 Å². The lowest BCUT2D eigenvalue weighted by molar-refractivity contribution is -0.137. The molecule has 0 radical (unpaired) electrons. The second-order valence-corrected chi connectivity index (χ2v) is 5.74. The Balaban J connectivity index is 2.22. The number of hydrogen-bond donors (Lipinski definition) is 3. The summed E-state index contributed by atoms with van der Waals surface area (Å²) in [6.45, 7) is 4.93. The molecule has 0 aliphatic carbocycles. The molecule has 3 amide bonds. The summed E-state index contributed by atoms with van der Waals surface area (Å²) in [4.78, 5) is 35.6. The van der Waals surface area contributed by atoms with E-state index in [1.54, 1.807) is 4.90 Å². The number of carboxylic acids is 1. The molecule has 0 unspecified atom stereocenters. The fourth-order valence-corrected chi connectivity index (χ4v) is 2.39. The molecule has 0 aromatic heterocycles. The van der Waals surface area contributed by atoms with E-state index in [-0.39, 0.29) is 30.9 Å². The average Bonchev–Trinajstić information content (AvgIpc) is 2.42. The first kappa shape index (κ1) is 17.3. The van der Waals surface area contributed by atoms with Crippen molar-refractivity contribution in [3.63, 3.8) is 0 Å². The number of piperidine rings is 1. The molecule has 0 spiro atoms.